The van der Waals surface area contributed by atoms with Crippen molar-refractivity contribution in [2.24, 2.45) is 10.9 Å². The van der Waals surface area contributed by atoms with E-state index in [1.807, 2.05) is 62.4 Å². The SMILES string of the molecule is CC(C)C1=C(C(=O)N2CN(C=O)C(C)(C)C2)SC2=NC(C)(c3ccc(Cl)cc3)C(c3ccc(Cl)cc3)N21. The molecule has 2 amide bonds. The second-order valence-electron chi connectivity index (χ2n) is 10.9. The molecule has 0 saturated carbocycles. The maximum atomic E-state index is 13.9. The number of hydrogen-bond donors (Lipinski definition) is 0. The number of fused-ring (bicyclic) bond motifs is 1. The van der Waals surface area contributed by atoms with Crippen molar-refractivity contribution < 1.29 is 9.59 Å². The predicted molar refractivity (Wildman–Crippen MR) is 150 cm³/mol. The number of carbonyl (C=O) groups is 2. The normalized spacial score (nSPS) is 24.7. The number of amidine groups is 1. The zero-order valence-corrected chi connectivity index (χ0v) is 23.9. The molecular formula is C28H30Cl2N4O2S. The van der Waals surface area contributed by atoms with E-state index in [1.54, 1.807) is 9.80 Å². The Hall–Kier alpha value is -2.48. The summed E-state index contributed by atoms with van der Waals surface area (Å²) in [5.74, 6) is 0.00517. The molecule has 0 radical (unpaired) electrons. The molecule has 0 aliphatic carbocycles. The van der Waals surface area contributed by atoms with Crippen LogP contribution in [0.5, 0.6) is 0 Å². The van der Waals surface area contributed by atoms with Crippen LogP contribution < -0.4 is 0 Å². The lowest BCUT2D eigenvalue weighted by molar-refractivity contribution is -0.127. The monoisotopic (exact) mass is 556 g/mol. The summed E-state index contributed by atoms with van der Waals surface area (Å²) in [4.78, 5) is 37.1. The second-order valence-corrected chi connectivity index (χ2v) is 12.7. The summed E-state index contributed by atoms with van der Waals surface area (Å²) in [6.07, 6.45) is 0.823. The number of amides is 2. The molecule has 1 fully saturated rings. The second kappa shape index (κ2) is 9.37. The van der Waals surface area contributed by atoms with Gasteiger partial charge in [-0.25, -0.2) is 4.99 Å². The van der Waals surface area contributed by atoms with Crippen LogP contribution in [0.4, 0.5) is 0 Å². The highest BCUT2D eigenvalue weighted by atomic mass is 35.5. The average Bonchev–Trinajstić information content (AvgIpc) is 3.46. The topological polar surface area (TPSA) is 56.2 Å². The zero-order valence-electron chi connectivity index (χ0n) is 21.5. The van der Waals surface area contributed by atoms with Gasteiger partial charge in [-0.1, -0.05) is 61.3 Å². The van der Waals surface area contributed by atoms with Gasteiger partial charge < -0.3 is 14.7 Å². The quantitative estimate of drug-likeness (QED) is 0.407. The molecule has 194 valence electrons. The standard InChI is InChI=1S/C28H30Cl2N4O2S/c1-17(2)22-23(25(36)32-14-27(3,4)33(15-32)16-35)37-26-31-28(5,19-8-12-21(30)13-9-19)24(34(22)26)18-6-10-20(29)11-7-18/h6-13,16-17,24H,14-15H2,1-5H3. The van der Waals surface area contributed by atoms with Gasteiger partial charge in [-0.3, -0.25) is 9.59 Å². The summed E-state index contributed by atoms with van der Waals surface area (Å²) in [6.45, 7) is 11.1. The Morgan fingerprint density at radius 2 is 1.65 bits per heavy atom. The van der Waals surface area contributed by atoms with Crippen molar-refractivity contribution >= 4 is 52.4 Å². The number of hydrogen-bond acceptors (Lipinski definition) is 5. The van der Waals surface area contributed by atoms with E-state index in [9.17, 15) is 9.59 Å². The number of allylic oxidation sites excluding steroid dienone is 1. The Morgan fingerprint density at radius 3 is 2.19 bits per heavy atom. The molecular weight excluding hydrogens is 527 g/mol. The van der Waals surface area contributed by atoms with Crippen LogP contribution in [0.1, 0.15) is 51.8 Å². The van der Waals surface area contributed by atoms with Crippen molar-refractivity contribution in [2.45, 2.75) is 51.7 Å². The van der Waals surface area contributed by atoms with Gasteiger partial charge in [-0.05, 0) is 73.8 Å². The lowest BCUT2D eigenvalue weighted by Crippen LogP contribution is -2.39. The van der Waals surface area contributed by atoms with E-state index in [4.69, 9.17) is 28.2 Å². The fourth-order valence-corrected chi connectivity index (χ4v) is 7.13. The Labute approximate surface area is 232 Å². The first-order valence-electron chi connectivity index (χ1n) is 12.3. The third-order valence-electron chi connectivity index (χ3n) is 7.46. The van der Waals surface area contributed by atoms with Crippen LogP contribution >= 0.6 is 35.0 Å². The van der Waals surface area contributed by atoms with Crippen LogP contribution in [0.15, 0.2) is 64.1 Å². The summed E-state index contributed by atoms with van der Waals surface area (Å²) in [6, 6.07) is 15.5. The van der Waals surface area contributed by atoms with E-state index in [0.717, 1.165) is 28.4 Å². The molecule has 6 nitrogen and oxygen atoms in total. The Bertz CT molecular complexity index is 1310. The molecule has 1 saturated heterocycles. The summed E-state index contributed by atoms with van der Waals surface area (Å²) in [7, 11) is 0. The van der Waals surface area contributed by atoms with Gasteiger partial charge in [0.05, 0.1) is 18.2 Å². The molecule has 0 aromatic heterocycles. The minimum absolute atomic E-state index is 0.0636. The fraction of sp³-hybridized carbons (Fsp3) is 0.393. The highest BCUT2D eigenvalue weighted by Gasteiger charge is 2.54. The molecule has 2 aromatic rings. The summed E-state index contributed by atoms with van der Waals surface area (Å²) < 4.78 is 0. The van der Waals surface area contributed by atoms with Crippen molar-refractivity contribution in [3.05, 3.63) is 80.3 Å². The highest BCUT2D eigenvalue weighted by molar-refractivity contribution is 8.18. The van der Waals surface area contributed by atoms with Crippen LogP contribution in [-0.2, 0) is 15.1 Å². The fourth-order valence-electron chi connectivity index (χ4n) is 5.50. The van der Waals surface area contributed by atoms with Crippen LogP contribution in [0.25, 0.3) is 0 Å². The molecule has 0 spiro atoms. The molecule has 37 heavy (non-hydrogen) atoms. The molecule has 2 aromatic carbocycles. The van der Waals surface area contributed by atoms with Crippen molar-refractivity contribution in [2.75, 3.05) is 13.2 Å². The van der Waals surface area contributed by atoms with Gasteiger partial charge in [0.1, 0.15) is 10.4 Å². The minimum Gasteiger partial charge on any atom is -0.321 e. The number of benzene rings is 2. The van der Waals surface area contributed by atoms with Gasteiger partial charge in [-0.15, -0.1) is 0 Å². The van der Waals surface area contributed by atoms with Crippen molar-refractivity contribution in [1.82, 2.24) is 14.7 Å². The largest absolute Gasteiger partial charge is 0.321 e. The minimum atomic E-state index is -0.612. The first-order valence-corrected chi connectivity index (χ1v) is 13.9. The number of aliphatic imine (C=N–C) groups is 1. The molecule has 0 N–H and O–H groups in total. The van der Waals surface area contributed by atoms with Crippen molar-refractivity contribution in [3.63, 3.8) is 0 Å². The Kier molecular flexibility index (Phi) is 6.62. The van der Waals surface area contributed by atoms with Crippen molar-refractivity contribution in [1.29, 1.82) is 0 Å². The van der Waals surface area contributed by atoms with E-state index in [1.165, 1.54) is 11.8 Å². The first-order chi connectivity index (χ1) is 17.5. The number of rotatable bonds is 5. The van der Waals surface area contributed by atoms with Gasteiger partial charge in [0.25, 0.3) is 5.91 Å². The molecule has 3 aliphatic heterocycles. The number of halogens is 2. The smallest absolute Gasteiger partial charge is 0.264 e. The van der Waals surface area contributed by atoms with Gasteiger partial charge in [0.2, 0.25) is 6.41 Å². The van der Waals surface area contributed by atoms with E-state index in [-0.39, 0.29) is 24.5 Å². The molecule has 3 heterocycles. The van der Waals surface area contributed by atoms with Crippen LogP contribution in [0.3, 0.4) is 0 Å². The summed E-state index contributed by atoms with van der Waals surface area (Å²) >= 11 is 13.9. The number of nitrogens with zero attached hydrogens (tertiary/aromatic N) is 4. The van der Waals surface area contributed by atoms with Gasteiger partial charge >= 0.3 is 0 Å². The van der Waals surface area contributed by atoms with E-state index in [2.05, 4.69) is 25.7 Å². The van der Waals surface area contributed by atoms with E-state index < -0.39 is 11.1 Å². The van der Waals surface area contributed by atoms with Crippen LogP contribution in [0.2, 0.25) is 10.0 Å². The average molecular weight is 558 g/mol. The van der Waals surface area contributed by atoms with Gasteiger partial charge in [-0.2, -0.15) is 0 Å². The van der Waals surface area contributed by atoms with Gasteiger partial charge in [0.15, 0.2) is 5.17 Å². The third kappa shape index (κ3) is 4.35. The molecule has 0 bridgehead atoms. The number of carbonyl (C=O) groups excluding carboxylic acids is 2. The molecule has 3 aliphatic rings. The van der Waals surface area contributed by atoms with Crippen LogP contribution in [-0.4, -0.2) is 50.9 Å². The first kappa shape index (κ1) is 26.1. The van der Waals surface area contributed by atoms with Gasteiger partial charge in [0, 0.05) is 22.3 Å². The maximum Gasteiger partial charge on any atom is 0.264 e. The Balaban J connectivity index is 1.61. The molecule has 9 heteroatoms. The summed E-state index contributed by atoms with van der Waals surface area (Å²) in [5, 5.41) is 2.14. The maximum absolute atomic E-state index is 13.9. The highest BCUT2D eigenvalue weighted by Crippen LogP contribution is 2.56. The predicted octanol–water partition coefficient (Wildman–Crippen LogP) is 6.27. The third-order valence-corrected chi connectivity index (χ3v) is 9.02. The van der Waals surface area contributed by atoms with Crippen LogP contribution in [0, 0.1) is 5.92 Å². The Morgan fingerprint density at radius 1 is 1.05 bits per heavy atom. The molecule has 2 atom stereocenters. The molecule has 5 rings (SSSR count). The van der Waals surface area contributed by atoms with Crippen molar-refractivity contribution in [3.8, 4) is 0 Å². The lowest BCUT2D eigenvalue weighted by atomic mass is 9.81. The van der Waals surface area contributed by atoms with E-state index >= 15 is 0 Å². The lowest BCUT2D eigenvalue weighted by Gasteiger charge is -2.37. The zero-order chi connectivity index (χ0) is 26.7. The van der Waals surface area contributed by atoms with E-state index in [0.29, 0.717) is 21.5 Å². The number of thioether (sulfide) groups is 1. The summed E-state index contributed by atoms with van der Waals surface area (Å²) in [5.41, 5.74) is 2.03. The molecule has 2 unspecified atom stereocenters.